The van der Waals surface area contributed by atoms with Gasteiger partial charge in [0.25, 0.3) is 0 Å². The van der Waals surface area contributed by atoms with Crippen LogP contribution in [0, 0.1) is 18.6 Å². The highest BCUT2D eigenvalue weighted by Crippen LogP contribution is 2.26. The first-order valence-electron chi connectivity index (χ1n) is 5.71. The second-order valence-electron chi connectivity index (χ2n) is 4.33. The Kier molecular flexibility index (Phi) is 3.97. The van der Waals surface area contributed by atoms with Crippen LogP contribution in [0.25, 0.3) is 0 Å². The zero-order valence-corrected chi connectivity index (χ0v) is 10.7. The third kappa shape index (κ3) is 3.08. The maximum atomic E-state index is 13.1. The van der Waals surface area contributed by atoms with Crippen LogP contribution in [-0.4, -0.2) is 0 Å². The molecule has 2 aromatic carbocycles. The topological polar surface area (TPSA) is 0 Å². The summed E-state index contributed by atoms with van der Waals surface area (Å²) in [5.41, 5.74) is 2.83. The molecule has 94 valence electrons. The third-order valence-corrected chi connectivity index (χ3v) is 3.21. The van der Waals surface area contributed by atoms with Gasteiger partial charge in [0.2, 0.25) is 0 Å². The molecule has 3 heteroatoms. The second kappa shape index (κ2) is 5.49. The summed E-state index contributed by atoms with van der Waals surface area (Å²) in [4.78, 5) is 0. The van der Waals surface area contributed by atoms with E-state index in [4.69, 9.17) is 11.6 Å². The van der Waals surface area contributed by atoms with E-state index >= 15 is 0 Å². The van der Waals surface area contributed by atoms with Crippen LogP contribution < -0.4 is 0 Å². The minimum atomic E-state index is -0.859. The fourth-order valence-electron chi connectivity index (χ4n) is 1.87. The van der Waals surface area contributed by atoms with Gasteiger partial charge in [-0.2, -0.15) is 0 Å². The van der Waals surface area contributed by atoms with Gasteiger partial charge in [0.05, 0.1) is 5.38 Å². The van der Waals surface area contributed by atoms with Gasteiger partial charge >= 0.3 is 0 Å². The predicted molar refractivity (Wildman–Crippen MR) is 69.8 cm³/mol. The number of benzene rings is 2. The summed E-state index contributed by atoms with van der Waals surface area (Å²) in [5, 5.41) is -0.359. The molecular formula is C15H13ClF2. The molecule has 2 rings (SSSR count). The average Bonchev–Trinajstić information content (AvgIpc) is 2.32. The molecule has 1 atom stereocenters. The van der Waals surface area contributed by atoms with Crippen molar-refractivity contribution in [3.63, 3.8) is 0 Å². The Morgan fingerprint density at radius 3 is 2.50 bits per heavy atom. The van der Waals surface area contributed by atoms with Crippen molar-refractivity contribution in [2.75, 3.05) is 0 Å². The minimum Gasteiger partial charge on any atom is -0.204 e. The van der Waals surface area contributed by atoms with Crippen molar-refractivity contribution in [1.82, 2.24) is 0 Å². The summed E-state index contributed by atoms with van der Waals surface area (Å²) in [5.74, 6) is -1.71. The third-order valence-electron chi connectivity index (χ3n) is 2.80. The molecule has 0 radical (unpaired) electrons. The van der Waals surface area contributed by atoms with Crippen molar-refractivity contribution in [2.24, 2.45) is 0 Å². The van der Waals surface area contributed by atoms with E-state index in [0.717, 1.165) is 23.3 Å². The highest BCUT2D eigenvalue weighted by Gasteiger charge is 2.11. The molecule has 2 aromatic rings. The molecule has 0 saturated heterocycles. The second-order valence-corrected chi connectivity index (χ2v) is 4.86. The van der Waals surface area contributed by atoms with Crippen LogP contribution in [0.4, 0.5) is 8.78 Å². The van der Waals surface area contributed by atoms with Gasteiger partial charge in [-0.25, -0.2) is 8.78 Å². The molecule has 0 saturated carbocycles. The van der Waals surface area contributed by atoms with E-state index in [1.807, 2.05) is 31.2 Å². The van der Waals surface area contributed by atoms with Gasteiger partial charge in [0, 0.05) is 0 Å². The molecule has 0 aromatic heterocycles. The van der Waals surface area contributed by atoms with E-state index in [1.54, 1.807) is 0 Å². The Bertz CT molecular complexity index is 552. The first-order valence-corrected chi connectivity index (χ1v) is 6.14. The molecule has 0 aliphatic rings. The normalized spacial score (nSPS) is 12.4. The summed E-state index contributed by atoms with van der Waals surface area (Å²) < 4.78 is 25.9. The van der Waals surface area contributed by atoms with E-state index in [1.165, 1.54) is 6.07 Å². The summed E-state index contributed by atoms with van der Waals surface area (Å²) in [7, 11) is 0. The smallest absolute Gasteiger partial charge is 0.159 e. The molecule has 0 aliphatic carbocycles. The SMILES string of the molecule is Cc1cccc(CC(Cl)c2ccc(F)c(F)c2)c1. The molecule has 1 unspecified atom stereocenters. The predicted octanol–water partition coefficient (Wildman–Crippen LogP) is 4.80. The van der Waals surface area contributed by atoms with Gasteiger partial charge < -0.3 is 0 Å². The number of hydrogen-bond donors (Lipinski definition) is 0. The Hall–Kier alpha value is -1.41. The number of rotatable bonds is 3. The zero-order chi connectivity index (χ0) is 13.1. The molecule has 0 bridgehead atoms. The van der Waals surface area contributed by atoms with Gasteiger partial charge in [0.15, 0.2) is 11.6 Å². The van der Waals surface area contributed by atoms with Crippen molar-refractivity contribution >= 4 is 11.6 Å². The molecule has 0 heterocycles. The quantitative estimate of drug-likeness (QED) is 0.701. The summed E-state index contributed by atoms with van der Waals surface area (Å²) in [6, 6.07) is 11.8. The van der Waals surface area contributed by atoms with E-state index in [-0.39, 0.29) is 5.38 Å². The Balaban J connectivity index is 2.16. The number of aryl methyl sites for hydroxylation is 1. The fourth-order valence-corrected chi connectivity index (χ4v) is 2.19. The van der Waals surface area contributed by atoms with Crippen molar-refractivity contribution in [1.29, 1.82) is 0 Å². The highest BCUT2D eigenvalue weighted by molar-refractivity contribution is 6.20. The van der Waals surface area contributed by atoms with E-state index in [9.17, 15) is 8.78 Å². The molecule has 0 nitrogen and oxygen atoms in total. The van der Waals surface area contributed by atoms with Crippen LogP contribution in [0.1, 0.15) is 22.1 Å². The van der Waals surface area contributed by atoms with Gasteiger partial charge in [-0.05, 0) is 36.6 Å². The van der Waals surface area contributed by atoms with Gasteiger partial charge in [-0.1, -0.05) is 35.9 Å². The number of hydrogen-bond acceptors (Lipinski definition) is 0. The zero-order valence-electron chi connectivity index (χ0n) is 9.96. The Morgan fingerprint density at radius 2 is 1.83 bits per heavy atom. The summed E-state index contributed by atoms with van der Waals surface area (Å²) in [6.45, 7) is 2.00. The highest BCUT2D eigenvalue weighted by atomic mass is 35.5. The largest absolute Gasteiger partial charge is 0.204 e. The van der Waals surface area contributed by atoms with Crippen molar-refractivity contribution in [3.05, 3.63) is 70.8 Å². The maximum absolute atomic E-state index is 13.1. The molecule has 0 N–H and O–H groups in total. The monoisotopic (exact) mass is 266 g/mol. The van der Waals surface area contributed by atoms with Crippen molar-refractivity contribution < 1.29 is 8.78 Å². The number of alkyl halides is 1. The lowest BCUT2D eigenvalue weighted by Crippen LogP contribution is -1.98. The molecular weight excluding hydrogens is 254 g/mol. The van der Waals surface area contributed by atoms with Crippen molar-refractivity contribution in [3.8, 4) is 0 Å². The fraction of sp³-hybridized carbons (Fsp3) is 0.200. The lowest BCUT2D eigenvalue weighted by molar-refractivity contribution is 0.507. The van der Waals surface area contributed by atoms with Crippen LogP contribution in [0.2, 0.25) is 0 Å². The minimum absolute atomic E-state index is 0.359. The Labute approximate surface area is 110 Å². The first kappa shape index (κ1) is 13.0. The maximum Gasteiger partial charge on any atom is 0.159 e. The first-order chi connectivity index (χ1) is 8.56. The van der Waals surface area contributed by atoms with E-state index in [2.05, 4.69) is 0 Å². The molecule has 0 spiro atoms. The molecule has 0 aliphatic heterocycles. The standard InChI is InChI=1S/C15H13ClF2/c1-10-3-2-4-11(7-10)8-13(16)12-5-6-14(17)15(18)9-12/h2-7,9,13H,8H2,1H3. The molecule has 0 fully saturated rings. The van der Waals surface area contributed by atoms with Crippen LogP contribution in [0.5, 0.6) is 0 Å². The van der Waals surface area contributed by atoms with Crippen molar-refractivity contribution in [2.45, 2.75) is 18.7 Å². The number of halogens is 3. The van der Waals surface area contributed by atoms with Crippen LogP contribution in [-0.2, 0) is 6.42 Å². The average molecular weight is 267 g/mol. The summed E-state index contributed by atoms with van der Waals surface area (Å²) >= 11 is 6.23. The van der Waals surface area contributed by atoms with Gasteiger partial charge in [0.1, 0.15) is 0 Å². The lowest BCUT2D eigenvalue weighted by Gasteiger charge is -2.10. The van der Waals surface area contributed by atoms with E-state index < -0.39 is 11.6 Å². The van der Waals surface area contributed by atoms with Gasteiger partial charge in [-0.15, -0.1) is 11.6 Å². The van der Waals surface area contributed by atoms with Crippen LogP contribution >= 0.6 is 11.6 Å². The summed E-state index contributed by atoms with van der Waals surface area (Å²) in [6.07, 6.45) is 0.592. The lowest BCUT2D eigenvalue weighted by atomic mass is 10.0. The van der Waals surface area contributed by atoms with E-state index in [0.29, 0.717) is 12.0 Å². The molecule has 0 amide bonds. The van der Waals surface area contributed by atoms with Crippen LogP contribution in [0.3, 0.4) is 0 Å². The van der Waals surface area contributed by atoms with Crippen LogP contribution in [0.15, 0.2) is 42.5 Å². The van der Waals surface area contributed by atoms with Gasteiger partial charge in [-0.3, -0.25) is 0 Å². The molecule has 18 heavy (non-hydrogen) atoms. The Morgan fingerprint density at radius 1 is 1.06 bits per heavy atom.